The van der Waals surface area contributed by atoms with Gasteiger partial charge in [-0.3, -0.25) is 0 Å². The Bertz CT molecular complexity index is 727. The van der Waals surface area contributed by atoms with Crippen LogP contribution in [0.5, 0.6) is 5.88 Å². The summed E-state index contributed by atoms with van der Waals surface area (Å²) in [4.78, 5) is 8.73. The molecule has 3 rings (SSSR count). The second-order valence-corrected chi connectivity index (χ2v) is 4.49. The quantitative estimate of drug-likeness (QED) is 0.737. The highest BCUT2D eigenvalue weighted by molar-refractivity contribution is 5.73. The third-order valence-corrected chi connectivity index (χ3v) is 3.10. The molecular weight excluding hydrogens is 250 g/mol. The number of hydrogen-bond donors (Lipinski definition) is 1. The first-order chi connectivity index (χ1) is 9.83. The first-order valence-electron chi connectivity index (χ1n) is 6.51. The molecule has 0 bridgehead atoms. The first kappa shape index (κ1) is 12.4. The van der Waals surface area contributed by atoms with Crippen molar-refractivity contribution in [1.29, 1.82) is 0 Å². The Morgan fingerprint density at radius 2 is 1.70 bits per heavy atom. The minimum absolute atomic E-state index is 0.529. The van der Waals surface area contributed by atoms with Gasteiger partial charge >= 0.3 is 0 Å². The Morgan fingerprint density at radius 3 is 2.55 bits per heavy atom. The number of benzene rings is 2. The zero-order valence-electron chi connectivity index (χ0n) is 11.0. The van der Waals surface area contributed by atoms with E-state index in [4.69, 9.17) is 10.5 Å². The van der Waals surface area contributed by atoms with Crippen molar-refractivity contribution in [3.8, 4) is 5.88 Å². The van der Waals surface area contributed by atoms with Gasteiger partial charge in [-0.15, -0.1) is 0 Å². The van der Waals surface area contributed by atoms with Crippen molar-refractivity contribution in [2.45, 2.75) is 6.42 Å². The van der Waals surface area contributed by atoms with E-state index in [2.05, 4.69) is 9.97 Å². The maximum absolute atomic E-state index is 5.89. The molecular formula is C16H15N3O. The molecule has 0 saturated heterocycles. The van der Waals surface area contributed by atoms with E-state index in [9.17, 15) is 0 Å². The number of para-hydroxylation sites is 3. The normalized spacial score (nSPS) is 10.6. The van der Waals surface area contributed by atoms with Crippen LogP contribution in [-0.2, 0) is 6.42 Å². The van der Waals surface area contributed by atoms with Gasteiger partial charge in [0.2, 0.25) is 5.88 Å². The average Bonchev–Trinajstić information content (AvgIpc) is 2.49. The van der Waals surface area contributed by atoms with E-state index < -0.39 is 0 Å². The van der Waals surface area contributed by atoms with Crippen molar-refractivity contribution in [3.63, 3.8) is 0 Å². The molecule has 0 aliphatic rings. The zero-order valence-corrected chi connectivity index (χ0v) is 11.0. The minimum atomic E-state index is 0.529. The van der Waals surface area contributed by atoms with Gasteiger partial charge in [0.15, 0.2) is 0 Å². The van der Waals surface area contributed by atoms with Crippen LogP contribution in [0.2, 0.25) is 0 Å². The van der Waals surface area contributed by atoms with Gasteiger partial charge in [0.05, 0.1) is 23.8 Å². The van der Waals surface area contributed by atoms with Gasteiger partial charge in [-0.1, -0.05) is 30.3 Å². The van der Waals surface area contributed by atoms with E-state index in [1.54, 1.807) is 6.20 Å². The maximum atomic E-state index is 5.89. The first-order valence-corrected chi connectivity index (χ1v) is 6.51. The molecule has 4 nitrogen and oxygen atoms in total. The number of rotatable bonds is 4. The van der Waals surface area contributed by atoms with Crippen molar-refractivity contribution in [3.05, 3.63) is 60.3 Å². The van der Waals surface area contributed by atoms with Crippen LogP contribution >= 0.6 is 0 Å². The molecule has 0 aliphatic carbocycles. The van der Waals surface area contributed by atoms with E-state index in [-0.39, 0.29) is 0 Å². The van der Waals surface area contributed by atoms with Gasteiger partial charge in [0, 0.05) is 12.1 Å². The molecule has 4 heteroatoms. The molecule has 0 atom stereocenters. The molecule has 0 amide bonds. The van der Waals surface area contributed by atoms with Gasteiger partial charge in [-0.2, -0.15) is 0 Å². The molecule has 3 aromatic rings. The van der Waals surface area contributed by atoms with Crippen LogP contribution in [0.15, 0.2) is 54.7 Å². The summed E-state index contributed by atoms with van der Waals surface area (Å²) in [6.45, 7) is 0.529. The fourth-order valence-corrected chi connectivity index (χ4v) is 2.04. The molecule has 0 saturated carbocycles. The number of nitrogens with zero attached hydrogens (tertiary/aromatic N) is 2. The summed E-state index contributed by atoms with van der Waals surface area (Å²) in [6.07, 6.45) is 2.40. The van der Waals surface area contributed by atoms with Gasteiger partial charge < -0.3 is 10.5 Å². The van der Waals surface area contributed by atoms with Crippen LogP contribution < -0.4 is 10.5 Å². The lowest BCUT2D eigenvalue weighted by molar-refractivity contribution is 0.309. The third kappa shape index (κ3) is 2.69. The smallest absolute Gasteiger partial charge is 0.232 e. The van der Waals surface area contributed by atoms with E-state index in [1.165, 1.54) is 0 Å². The molecule has 2 aromatic carbocycles. The van der Waals surface area contributed by atoms with E-state index in [0.717, 1.165) is 28.7 Å². The molecule has 0 unspecified atom stereocenters. The van der Waals surface area contributed by atoms with E-state index in [1.807, 2.05) is 48.5 Å². The average molecular weight is 265 g/mol. The van der Waals surface area contributed by atoms with Gasteiger partial charge in [0.1, 0.15) is 0 Å². The largest absolute Gasteiger partial charge is 0.476 e. The fraction of sp³-hybridized carbons (Fsp3) is 0.125. The molecule has 0 aliphatic heterocycles. The fourth-order valence-electron chi connectivity index (χ4n) is 2.04. The number of aromatic nitrogens is 2. The summed E-state index contributed by atoms with van der Waals surface area (Å²) in [5.41, 5.74) is 9.47. The second kappa shape index (κ2) is 5.57. The predicted molar refractivity (Wildman–Crippen MR) is 79.6 cm³/mol. The number of ether oxygens (including phenoxy) is 1. The monoisotopic (exact) mass is 265 g/mol. The Labute approximate surface area is 117 Å². The lowest BCUT2D eigenvalue weighted by atomic mass is 10.1. The number of nitrogens with two attached hydrogens (primary N) is 1. The van der Waals surface area contributed by atoms with Crippen molar-refractivity contribution < 1.29 is 4.74 Å². The highest BCUT2D eigenvalue weighted by atomic mass is 16.5. The van der Waals surface area contributed by atoms with Crippen molar-refractivity contribution in [2.24, 2.45) is 0 Å². The predicted octanol–water partition coefficient (Wildman–Crippen LogP) is 2.83. The standard InChI is InChI=1S/C16H15N3O/c17-13-6-2-1-5-12(13)9-10-20-16-11-18-14-7-3-4-8-15(14)19-16/h1-8,11H,9-10,17H2. The lowest BCUT2D eigenvalue weighted by Crippen LogP contribution is -2.05. The van der Waals surface area contributed by atoms with E-state index >= 15 is 0 Å². The number of anilines is 1. The molecule has 1 aromatic heterocycles. The SMILES string of the molecule is Nc1ccccc1CCOc1cnc2ccccc2n1. The lowest BCUT2D eigenvalue weighted by Gasteiger charge is -2.07. The van der Waals surface area contributed by atoms with Crippen LogP contribution in [-0.4, -0.2) is 16.6 Å². The van der Waals surface area contributed by atoms with Gasteiger partial charge in [-0.25, -0.2) is 9.97 Å². The van der Waals surface area contributed by atoms with Gasteiger partial charge in [-0.05, 0) is 23.8 Å². The van der Waals surface area contributed by atoms with Crippen LogP contribution in [0.25, 0.3) is 11.0 Å². The van der Waals surface area contributed by atoms with Crippen molar-refractivity contribution in [1.82, 2.24) is 9.97 Å². The summed E-state index contributed by atoms with van der Waals surface area (Å²) >= 11 is 0. The van der Waals surface area contributed by atoms with Crippen molar-refractivity contribution in [2.75, 3.05) is 12.3 Å². The van der Waals surface area contributed by atoms with Gasteiger partial charge in [0.25, 0.3) is 0 Å². The Hall–Kier alpha value is -2.62. The summed E-state index contributed by atoms with van der Waals surface area (Å²) < 4.78 is 5.64. The third-order valence-electron chi connectivity index (χ3n) is 3.10. The van der Waals surface area contributed by atoms with Crippen molar-refractivity contribution >= 4 is 16.7 Å². The summed E-state index contributed by atoms with van der Waals surface area (Å²) in [7, 11) is 0. The number of fused-ring (bicyclic) bond motifs is 1. The highest BCUT2D eigenvalue weighted by Gasteiger charge is 2.02. The molecule has 2 N–H and O–H groups in total. The second-order valence-electron chi connectivity index (χ2n) is 4.49. The molecule has 20 heavy (non-hydrogen) atoms. The molecule has 1 heterocycles. The van der Waals surface area contributed by atoms with Crippen LogP contribution in [0.4, 0.5) is 5.69 Å². The molecule has 0 fully saturated rings. The Balaban J connectivity index is 1.67. The summed E-state index contributed by atoms with van der Waals surface area (Å²) in [5.74, 6) is 0.540. The minimum Gasteiger partial charge on any atom is -0.476 e. The summed E-state index contributed by atoms with van der Waals surface area (Å²) in [5, 5.41) is 0. The Morgan fingerprint density at radius 1 is 0.950 bits per heavy atom. The van der Waals surface area contributed by atoms with E-state index in [0.29, 0.717) is 12.5 Å². The summed E-state index contributed by atoms with van der Waals surface area (Å²) in [6, 6.07) is 15.5. The van der Waals surface area contributed by atoms with Crippen LogP contribution in [0.1, 0.15) is 5.56 Å². The Kier molecular flexibility index (Phi) is 3.46. The number of hydrogen-bond acceptors (Lipinski definition) is 4. The zero-order chi connectivity index (χ0) is 13.8. The molecule has 0 radical (unpaired) electrons. The molecule has 0 spiro atoms. The van der Waals surface area contributed by atoms with Crippen LogP contribution in [0.3, 0.4) is 0 Å². The highest BCUT2D eigenvalue weighted by Crippen LogP contribution is 2.14. The van der Waals surface area contributed by atoms with Crippen LogP contribution in [0, 0.1) is 0 Å². The maximum Gasteiger partial charge on any atom is 0.232 e. The topological polar surface area (TPSA) is 61.0 Å². The molecule has 100 valence electrons. The number of nitrogen functional groups attached to an aromatic ring is 1.